The van der Waals surface area contributed by atoms with E-state index in [4.69, 9.17) is 9.15 Å². The van der Waals surface area contributed by atoms with Crippen LogP contribution < -0.4 is 0 Å². The minimum atomic E-state index is -0.146. The van der Waals surface area contributed by atoms with Crippen LogP contribution in [0.4, 0.5) is 0 Å². The molecule has 0 N–H and O–H groups in total. The number of hydrogen-bond donors (Lipinski definition) is 0. The van der Waals surface area contributed by atoms with E-state index in [1.807, 2.05) is 0 Å². The van der Waals surface area contributed by atoms with Gasteiger partial charge in [0.25, 0.3) is 5.91 Å². The summed E-state index contributed by atoms with van der Waals surface area (Å²) in [5, 5.41) is 0. The SMILES string of the molecule is COCCN(C)C(=O)c1ccc(Br)o1. The molecule has 78 valence electrons. The number of carbonyl (C=O) groups is 1. The Labute approximate surface area is 91.0 Å². The Kier molecular flexibility index (Phi) is 4.16. The molecule has 0 fully saturated rings. The number of hydrogen-bond acceptors (Lipinski definition) is 3. The van der Waals surface area contributed by atoms with Gasteiger partial charge in [0.1, 0.15) is 0 Å². The molecular formula is C9H12BrNO3. The fraction of sp³-hybridized carbons (Fsp3) is 0.444. The molecule has 0 aliphatic rings. The Morgan fingerprint density at radius 1 is 1.64 bits per heavy atom. The second kappa shape index (κ2) is 5.17. The topological polar surface area (TPSA) is 42.7 Å². The molecule has 0 unspecified atom stereocenters. The van der Waals surface area contributed by atoms with Crippen molar-refractivity contribution in [1.82, 2.24) is 4.90 Å². The zero-order chi connectivity index (χ0) is 10.6. The Hall–Kier alpha value is -0.810. The first-order valence-corrected chi connectivity index (χ1v) is 4.94. The first-order valence-electron chi connectivity index (χ1n) is 4.15. The van der Waals surface area contributed by atoms with Crippen LogP contribution in [-0.2, 0) is 4.74 Å². The van der Waals surface area contributed by atoms with E-state index >= 15 is 0 Å². The average molecular weight is 262 g/mol. The molecular weight excluding hydrogens is 250 g/mol. The lowest BCUT2D eigenvalue weighted by Gasteiger charge is -2.14. The van der Waals surface area contributed by atoms with E-state index in [2.05, 4.69) is 15.9 Å². The highest BCUT2D eigenvalue weighted by molar-refractivity contribution is 9.10. The van der Waals surface area contributed by atoms with Gasteiger partial charge in [-0.05, 0) is 28.1 Å². The number of halogens is 1. The summed E-state index contributed by atoms with van der Waals surface area (Å²) >= 11 is 3.14. The molecule has 1 aromatic rings. The van der Waals surface area contributed by atoms with Crippen LogP contribution in [0.5, 0.6) is 0 Å². The monoisotopic (exact) mass is 261 g/mol. The van der Waals surface area contributed by atoms with E-state index in [-0.39, 0.29) is 5.91 Å². The van der Waals surface area contributed by atoms with Gasteiger partial charge in [0.15, 0.2) is 10.4 Å². The fourth-order valence-electron chi connectivity index (χ4n) is 0.947. The van der Waals surface area contributed by atoms with Crippen LogP contribution in [0.2, 0.25) is 0 Å². The molecule has 0 saturated carbocycles. The fourth-order valence-corrected chi connectivity index (χ4v) is 1.25. The van der Waals surface area contributed by atoms with E-state index in [0.717, 1.165) is 0 Å². The molecule has 0 bridgehead atoms. The zero-order valence-electron chi connectivity index (χ0n) is 8.12. The first-order chi connectivity index (χ1) is 6.65. The van der Waals surface area contributed by atoms with Gasteiger partial charge in [-0.2, -0.15) is 0 Å². The smallest absolute Gasteiger partial charge is 0.289 e. The Bertz CT molecular complexity index is 311. The average Bonchev–Trinajstić information content (AvgIpc) is 2.60. The number of rotatable bonds is 4. The van der Waals surface area contributed by atoms with Gasteiger partial charge in [-0.3, -0.25) is 4.79 Å². The molecule has 0 atom stereocenters. The highest BCUT2D eigenvalue weighted by Crippen LogP contribution is 2.15. The molecule has 0 radical (unpaired) electrons. The predicted molar refractivity (Wildman–Crippen MR) is 55.2 cm³/mol. The van der Waals surface area contributed by atoms with Gasteiger partial charge in [0.2, 0.25) is 0 Å². The summed E-state index contributed by atoms with van der Waals surface area (Å²) in [5.41, 5.74) is 0. The van der Waals surface area contributed by atoms with Gasteiger partial charge in [-0.25, -0.2) is 0 Å². The molecule has 1 amide bonds. The van der Waals surface area contributed by atoms with Crippen LogP contribution in [0, 0.1) is 0 Å². The first kappa shape index (κ1) is 11.3. The highest BCUT2D eigenvalue weighted by atomic mass is 79.9. The van der Waals surface area contributed by atoms with Crippen molar-refractivity contribution in [1.29, 1.82) is 0 Å². The lowest BCUT2D eigenvalue weighted by molar-refractivity contribution is 0.0712. The summed E-state index contributed by atoms with van der Waals surface area (Å²) in [5.74, 6) is 0.184. The molecule has 0 aliphatic carbocycles. The zero-order valence-corrected chi connectivity index (χ0v) is 9.70. The Balaban J connectivity index is 2.56. The maximum atomic E-state index is 11.6. The number of amides is 1. The minimum absolute atomic E-state index is 0.146. The van der Waals surface area contributed by atoms with Crippen LogP contribution in [0.3, 0.4) is 0 Å². The van der Waals surface area contributed by atoms with Crippen LogP contribution in [0.15, 0.2) is 21.2 Å². The Morgan fingerprint density at radius 2 is 2.36 bits per heavy atom. The van der Waals surface area contributed by atoms with Crippen molar-refractivity contribution < 1.29 is 13.9 Å². The summed E-state index contributed by atoms with van der Waals surface area (Å²) < 4.78 is 10.6. The van der Waals surface area contributed by atoms with Crippen molar-refractivity contribution in [3.63, 3.8) is 0 Å². The van der Waals surface area contributed by atoms with Crippen molar-refractivity contribution in [3.8, 4) is 0 Å². The predicted octanol–water partition coefficient (Wildman–Crippen LogP) is 1.76. The van der Waals surface area contributed by atoms with E-state index in [1.54, 1.807) is 31.2 Å². The van der Waals surface area contributed by atoms with Crippen molar-refractivity contribution in [3.05, 3.63) is 22.6 Å². The van der Waals surface area contributed by atoms with Crippen molar-refractivity contribution in [2.75, 3.05) is 27.3 Å². The summed E-state index contributed by atoms with van der Waals surface area (Å²) in [4.78, 5) is 13.2. The number of furan rings is 1. The molecule has 0 spiro atoms. The summed E-state index contributed by atoms with van der Waals surface area (Å²) in [6.07, 6.45) is 0. The van der Waals surface area contributed by atoms with Gasteiger partial charge < -0.3 is 14.1 Å². The number of nitrogens with zero attached hydrogens (tertiary/aromatic N) is 1. The van der Waals surface area contributed by atoms with E-state index in [1.165, 1.54) is 0 Å². The van der Waals surface area contributed by atoms with Gasteiger partial charge in [-0.15, -0.1) is 0 Å². The number of likely N-dealkylation sites (N-methyl/N-ethyl adjacent to an activating group) is 1. The van der Waals surface area contributed by atoms with E-state index in [9.17, 15) is 4.79 Å². The maximum Gasteiger partial charge on any atom is 0.289 e. The highest BCUT2D eigenvalue weighted by Gasteiger charge is 2.14. The molecule has 0 aliphatic heterocycles. The van der Waals surface area contributed by atoms with E-state index < -0.39 is 0 Å². The minimum Gasteiger partial charge on any atom is -0.444 e. The van der Waals surface area contributed by atoms with Crippen LogP contribution in [0.1, 0.15) is 10.6 Å². The molecule has 5 heteroatoms. The standard InChI is InChI=1S/C9H12BrNO3/c1-11(5-6-13-2)9(12)7-3-4-8(10)14-7/h3-4H,5-6H2,1-2H3. The second-order valence-corrected chi connectivity index (χ2v) is 3.60. The molecule has 1 aromatic heterocycles. The molecule has 0 aromatic carbocycles. The van der Waals surface area contributed by atoms with Gasteiger partial charge in [-0.1, -0.05) is 0 Å². The van der Waals surface area contributed by atoms with Crippen molar-refractivity contribution >= 4 is 21.8 Å². The number of carbonyl (C=O) groups excluding carboxylic acids is 1. The summed E-state index contributed by atoms with van der Waals surface area (Å²) in [6.45, 7) is 1.07. The Morgan fingerprint density at radius 3 is 2.86 bits per heavy atom. The van der Waals surface area contributed by atoms with Crippen LogP contribution in [0.25, 0.3) is 0 Å². The third kappa shape index (κ3) is 2.85. The largest absolute Gasteiger partial charge is 0.444 e. The molecule has 1 heterocycles. The van der Waals surface area contributed by atoms with Gasteiger partial charge in [0.05, 0.1) is 6.61 Å². The molecule has 4 nitrogen and oxygen atoms in total. The number of methoxy groups -OCH3 is 1. The maximum absolute atomic E-state index is 11.6. The quantitative estimate of drug-likeness (QED) is 0.830. The third-order valence-corrected chi connectivity index (χ3v) is 2.19. The summed E-state index contributed by atoms with van der Waals surface area (Å²) in [7, 11) is 3.31. The van der Waals surface area contributed by atoms with Crippen molar-refractivity contribution in [2.45, 2.75) is 0 Å². The van der Waals surface area contributed by atoms with Crippen LogP contribution in [-0.4, -0.2) is 38.1 Å². The number of ether oxygens (including phenoxy) is 1. The lowest BCUT2D eigenvalue weighted by Crippen LogP contribution is -2.29. The van der Waals surface area contributed by atoms with E-state index in [0.29, 0.717) is 23.6 Å². The van der Waals surface area contributed by atoms with Crippen LogP contribution >= 0.6 is 15.9 Å². The second-order valence-electron chi connectivity index (χ2n) is 2.82. The lowest BCUT2D eigenvalue weighted by atomic mass is 10.4. The molecule has 0 saturated heterocycles. The molecule has 14 heavy (non-hydrogen) atoms. The van der Waals surface area contributed by atoms with Gasteiger partial charge >= 0.3 is 0 Å². The van der Waals surface area contributed by atoms with Crippen molar-refractivity contribution in [2.24, 2.45) is 0 Å². The third-order valence-electron chi connectivity index (χ3n) is 1.76. The van der Waals surface area contributed by atoms with Gasteiger partial charge in [0, 0.05) is 20.7 Å². The summed E-state index contributed by atoms with van der Waals surface area (Å²) in [6, 6.07) is 3.33. The normalized spacial score (nSPS) is 10.2. The molecule has 1 rings (SSSR count).